The molecular weight excluding hydrogens is 302 g/mol. The van der Waals surface area contributed by atoms with Gasteiger partial charge in [0.25, 0.3) is 0 Å². The molecule has 0 aliphatic carbocycles. The van der Waals surface area contributed by atoms with E-state index in [9.17, 15) is 0 Å². The number of hydrogen-bond acceptors (Lipinski definition) is 2. The molecule has 0 unspecified atom stereocenters. The average molecular weight is 318 g/mol. The molecule has 0 saturated carbocycles. The predicted molar refractivity (Wildman–Crippen MR) is 80.1 cm³/mol. The molecule has 2 aromatic carbocycles. The highest BCUT2D eigenvalue weighted by molar-refractivity contribution is 9.10. The molecule has 1 aliphatic rings. The molecule has 0 aromatic heterocycles. The van der Waals surface area contributed by atoms with E-state index in [1.54, 1.807) is 7.11 Å². The van der Waals surface area contributed by atoms with E-state index >= 15 is 0 Å². The minimum Gasteiger partial charge on any atom is -0.496 e. The van der Waals surface area contributed by atoms with Gasteiger partial charge < -0.3 is 4.74 Å². The Kier molecular flexibility index (Phi) is 3.58. The lowest BCUT2D eigenvalue weighted by atomic mass is 10.1. The summed E-state index contributed by atoms with van der Waals surface area (Å²) in [5.41, 5.74) is 4.21. The van der Waals surface area contributed by atoms with Gasteiger partial charge in [0.2, 0.25) is 0 Å². The zero-order valence-electron chi connectivity index (χ0n) is 10.9. The van der Waals surface area contributed by atoms with E-state index in [-0.39, 0.29) is 0 Å². The second kappa shape index (κ2) is 5.35. The van der Waals surface area contributed by atoms with Gasteiger partial charge in [0, 0.05) is 19.6 Å². The zero-order valence-corrected chi connectivity index (χ0v) is 12.5. The summed E-state index contributed by atoms with van der Waals surface area (Å²) in [7, 11) is 1.69. The van der Waals surface area contributed by atoms with E-state index in [0.717, 1.165) is 29.9 Å². The Morgan fingerprint density at radius 3 is 2.37 bits per heavy atom. The van der Waals surface area contributed by atoms with Crippen LogP contribution in [-0.4, -0.2) is 12.0 Å². The van der Waals surface area contributed by atoms with Crippen molar-refractivity contribution in [1.82, 2.24) is 4.90 Å². The molecule has 0 N–H and O–H groups in total. The Balaban J connectivity index is 1.72. The monoisotopic (exact) mass is 317 g/mol. The Hall–Kier alpha value is -1.32. The van der Waals surface area contributed by atoms with Gasteiger partial charge in [-0.3, -0.25) is 4.90 Å². The van der Waals surface area contributed by atoms with Gasteiger partial charge in [-0.05, 0) is 44.8 Å². The summed E-state index contributed by atoms with van der Waals surface area (Å²) < 4.78 is 6.28. The number of rotatable bonds is 3. The van der Waals surface area contributed by atoms with Crippen LogP contribution in [0.2, 0.25) is 0 Å². The summed E-state index contributed by atoms with van der Waals surface area (Å²) in [6, 6.07) is 15.0. The molecular formula is C16H16BrNO. The van der Waals surface area contributed by atoms with E-state index in [1.165, 1.54) is 16.7 Å². The highest BCUT2D eigenvalue weighted by Crippen LogP contribution is 2.28. The van der Waals surface area contributed by atoms with E-state index in [4.69, 9.17) is 4.74 Å². The lowest BCUT2D eigenvalue weighted by Crippen LogP contribution is -2.15. The Morgan fingerprint density at radius 2 is 1.79 bits per heavy atom. The molecule has 1 heterocycles. The summed E-state index contributed by atoms with van der Waals surface area (Å²) in [4.78, 5) is 2.46. The van der Waals surface area contributed by atoms with Crippen LogP contribution in [0.4, 0.5) is 0 Å². The van der Waals surface area contributed by atoms with Gasteiger partial charge in [-0.2, -0.15) is 0 Å². The maximum Gasteiger partial charge on any atom is 0.133 e. The van der Waals surface area contributed by atoms with E-state index in [1.807, 2.05) is 6.07 Å². The smallest absolute Gasteiger partial charge is 0.133 e. The number of hydrogen-bond donors (Lipinski definition) is 0. The van der Waals surface area contributed by atoms with Crippen LogP contribution in [0.1, 0.15) is 16.7 Å². The molecule has 2 aromatic rings. The van der Waals surface area contributed by atoms with E-state index < -0.39 is 0 Å². The van der Waals surface area contributed by atoms with E-state index in [0.29, 0.717) is 0 Å². The lowest BCUT2D eigenvalue weighted by Gasteiger charge is -2.15. The molecule has 0 fully saturated rings. The molecule has 0 spiro atoms. The molecule has 2 nitrogen and oxygen atoms in total. The number of methoxy groups -OCH3 is 1. The summed E-state index contributed by atoms with van der Waals surface area (Å²) >= 11 is 3.54. The molecule has 0 atom stereocenters. The molecule has 19 heavy (non-hydrogen) atoms. The number of fused-ring (bicyclic) bond motifs is 1. The lowest BCUT2D eigenvalue weighted by molar-refractivity contribution is 0.275. The zero-order chi connectivity index (χ0) is 13.2. The van der Waals surface area contributed by atoms with Gasteiger partial charge in [0.1, 0.15) is 5.75 Å². The van der Waals surface area contributed by atoms with Crippen molar-refractivity contribution in [3.05, 3.63) is 63.6 Å². The first-order chi connectivity index (χ1) is 9.26. The van der Waals surface area contributed by atoms with Crippen molar-refractivity contribution in [3.63, 3.8) is 0 Å². The van der Waals surface area contributed by atoms with Crippen molar-refractivity contribution in [3.8, 4) is 5.75 Å². The SMILES string of the molecule is COc1ccc(CN2Cc3ccccc3C2)cc1Br. The molecule has 3 rings (SSSR count). The van der Waals surface area contributed by atoms with Crippen molar-refractivity contribution in [1.29, 1.82) is 0 Å². The fourth-order valence-corrected chi connectivity index (χ4v) is 3.17. The highest BCUT2D eigenvalue weighted by atomic mass is 79.9. The maximum atomic E-state index is 5.26. The van der Waals surface area contributed by atoms with E-state index in [2.05, 4.69) is 57.2 Å². The van der Waals surface area contributed by atoms with Gasteiger partial charge in [-0.15, -0.1) is 0 Å². The Morgan fingerprint density at radius 1 is 1.11 bits per heavy atom. The maximum absolute atomic E-state index is 5.26. The third-order valence-electron chi connectivity index (χ3n) is 3.53. The first kappa shape index (κ1) is 12.7. The van der Waals surface area contributed by atoms with Crippen molar-refractivity contribution < 1.29 is 4.74 Å². The molecule has 3 heteroatoms. The van der Waals surface area contributed by atoms with Crippen LogP contribution in [0.5, 0.6) is 5.75 Å². The standard InChI is InChI=1S/C16H16BrNO/c1-19-16-7-6-12(8-15(16)17)9-18-10-13-4-2-3-5-14(13)11-18/h2-8H,9-11H2,1H3. The van der Waals surface area contributed by atoms with Crippen LogP contribution in [0.3, 0.4) is 0 Å². The summed E-state index contributed by atoms with van der Waals surface area (Å²) in [6.45, 7) is 3.05. The average Bonchev–Trinajstić information content (AvgIpc) is 2.81. The second-order valence-electron chi connectivity index (χ2n) is 4.88. The third-order valence-corrected chi connectivity index (χ3v) is 4.15. The summed E-state index contributed by atoms with van der Waals surface area (Å²) in [5.74, 6) is 0.883. The summed E-state index contributed by atoms with van der Waals surface area (Å²) in [5, 5.41) is 0. The number of benzene rings is 2. The van der Waals surface area contributed by atoms with Crippen LogP contribution in [0.25, 0.3) is 0 Å². The Labute approximate surface area is 122 Å². The topological polar surface area (TPSA) is 12.5 Å². The Bertz CT molecular complexity index is 572. The predicted octanol–water partition coefficient (Wildman–Crippen LogP) is 3.97. The van der Waals surface area contributed by atoms with Gasteiger partial charge in [0.05, 0.1) is 11.6 Å². The van der Waals surface area contributed by atoms with Gasteiger partial charge in [0.15, 0.2) is 0 Å². The fraction of sp³-hybridized carbons (Fsp3) is 0.250. The minimum atomic E-state index is 0.883. The molecule has 0 amide bonds. The number of ether oxygens (including phenoxy) is 1. The van der Waals surface area contributed by atoms with Crippen LogP contribution < -0.4 is 4.74 Å². The van der Waals surface area contributed by atoms with Crippen LogP contribution in [-0.2, 0) is 19.6 Å². The summed E-state index contributed by atoms with van der Waals surface area (Å²) in [6.07, 6.45) is 0. The second-order valence-corrected chi connectivity index (χ2v) is 5.74. The van der Waals surface area contributed by atoms with Gasteiger partial charge in [-0.1, -0.05) is 30.3 Å². The van der Waals surface area contributed by atoms with Crippen molar-refractivity contribution >= 4 is 15.9 Å². The molecule has 0 saturated heterocycles. The number of nitrogens with zero attached hydrogens (tertiary/aromatic N) is 1. The van der Waals surface area contributed by atoms with Crippen molar-refractivity contribution in [2.45, 2.75) is 19.6 Å². The molecule has 0 radical (unpaired) electrons. The normalized spacial score (nSPS) is 14.4. The minimum absolute atomic E-state index is 0.883. The third kappa shape index (κ3) is 2.67. The van der Waals surface area contributed by atoms with Crippen LogP contribution in [0.15, 0.2) is 46.9 Å². The quantitative estimate of drug-likeness (QED) is 0.849. The molecule has 0 bridgehead atoms. The largest absolute Gasteiger partial charge is 0.496 e. The van der Waals surface area contributed by atoms with Crippen molar-refractivity contribution in [2.24, 2.45) is 0 Å². The highest BCUT2D eigenvalue weighted by Gasteiger charge is 2.18. The van der Waals surface area contributed by atoms with Gasteiger partial charge in [-0.25, -0.2) is 0 Å². The first-order valence-corrected chi connectivity index (χ1v) is 7.17. The molecule has 98 valence electrons. The van der Waals surface area contributed by atoms with Gasteiger partial charge >= 0.3 is 0 Å². The molecule has 1 aliphatic heterocycles. The van der Waals surface area contributed by atoms with Crippen molar-refractivity contribution in [2.75, 3.05) is 7.11 Å². The number of halogens is 1. The van der Waals surface area contributed by atoms with Crippen LogP contribution in [0, 0.1) is 0 Å². The first-order valence-electron chi connectivity index (χ1n) is 6.38. The van der Waals surface area contributed by atoms with Crippen LogP contribution >= 0.6 is 15.9 Å². The fourth-order valence-electron chi connectivity index (χ4n) is 2.58.